The molecule has 0 saturated heterocycles. The highest BCUT2D eigenvalue weighted by atomic mass is 35.5. The molecule has 4 heteroatoms. The van der Waals surface area contributed by atoms with Crippen LogP contribution in [0.2, 0.25) is 5.02 Å². The number of hydrogen-bond donors (Lipinski definition) is 1. The Morgan fingerprint density at radius 2 is 2.11 bits per heavy atom. The van der Waals surface area contributed by atoms with Crippen LogP contribution in [0.25, 0.3) is 0 Å². The van der Waals surface area contributed by atoms with Gasteiger partial charge in [-0.15, -0.1) is 0 Å². The number of halogens is 2. The van der Waals surface area contributed by atoms with Crippen LogP contribution in [0.5, 0.6) is 0 Å². The fraction of sp³-hybridized carbons (Fsp3) is 0.214. The van der Waals surface area contributed by atoms with Crippen LogP contribution in [-0.2, 0) is 6.42 Å². The van der Waals surface area contributed by atoms with Crippen LogP contribution in [0.4, 0.5) is 4.39 Å². The van der Waals surface area contributed by atoms with Crippen LogP contribution >= 0.6 is 11.6 Å². The third kappa shape index (κ3) is 3.06. The molecule has 94 valence electrons. The molecule has 0 fully saturated rings. The van der Waals surface area contributed by atoms with Crippen molar-refractivity contribution in [3.8, 4) is 0 Å². The lowest BCUT2D eigenvalue weighted by Crippen LogP contribution is -2.15. The molecule has 0 aliphatic rings. The zero-order chi connectivity index (χ0) is 13.1. The second-order valence-corrected chi connectivity index (χ2v) is 4.72. The summed E-state index contributed by atoms with van der Waals surface area (Å²) in [5, 5.41) is 0.587. The minimum Gasteiger partial charge on any atom is -0.322 e. The summed E-state index contributed by atoms with van der Waals surface area (Å²) >= 11 is 5.77. The van der Waals surface area contributed by atoms with Gasteiger partial charge in [-0.3, -0.25) is 4.98 Å². The van der Waals surface area contributed by atoms with E-state index >= 15 is 0 Å². The highest BCUT2D eigenvalue weighted by Gasteiger charge is 2.10. The normalized spacial score (nSPS) is 12.4. The van der Waals surface area contributed by atoms with Gasteiger partial charge < -0.3 is 5.73 Å². The Balaban J connectivity index is 2.15. The van der Waals surface area contributed by atoms with E-state index in [1.807, 2.05) is 13.0 Å². The fourth-order valence-corrected chi connectivity index (χ4v) is 1.95. The Kier molecular flexibility index (Phi) is 3.94. The van der Waals surface area contributed by atoms with E-state index in [1.54, 1.807) is 18.3 Å². The predicted octanol–water partition coefficient (Wildman–Crippen LogP) is 3.43. The zero-order valence-corrected chi connectivity index (χ0v) is 10.8. The third-order valence-electron chi connectivity index (χ3n) is 2.87. The minimum absolute atomic E-state index is 0.216. The van der Waals surface area contributed by atoms with Crippen LogP contribution < -0.4 is 5.73 Å². The molecule has 2 N–H and O–H groups in total. The first-order chi connectivity index (χ1) is 8.56. The molecule has 0 aliphatic heterocycles. The smallest absolute Gasteiger partial charge is 0.123 e. The van der Waals surface area contributed by atoms with Crippen LogP contribution in [0.15, 0.2) is 36.5 Å². The molecular weight excluding hydrogens is 251 g/mol. The second kappa shape index (κ2) is 5.46. The van der Waals surface area contributed by atoms with Gasteiger partial charge in [-0.2, -0.15) is 0 Å². The Labute approximate surface area is 111 Å². The maximum absolute atomic E-state index is 13.0. The molecule has 2 aromatic rings. The zero-order valence-electron chi connectivity index (χ0n) is 10.0. The summed E-state index contributed by atoms with van der Waals surface area (Å²) in [4.78, 5) is 4.19. The number of benzene rings is 1. The topological polar surface area (TPSA) is 38.9 Å². The molecule has 1 aromatic heterocycles. The SMILES string of the molecule is Cc1cc(F)ccc1CC(N)c1ccc(Cl)cn1. The summed E-state index contributed by atoms with van der Waals surface area (Å²) in [5.74, 6) is -0.227. The average Bonchev–Trinajstić information content (AvgIpc) is 2.33. The summed E-state index contributed by atoms with van der Waals surface area (Å²) in [6.07, 6.45) is 2.20. The van der Waals surface area contributed by atoms with E-state index in [1.165, 1.54) is 12.1 Å². The molecular formula is C14H14ClFN2. The number of hydrogen-bond acceptors (Lipinski definition) is 2. The van der Waals surface area contributed by atoms with Crippen molar-refractivity contribution < 1.29 is 4.39 Å². The summed E-state index contributed by atoms with van der Waals surface area (Å²) in [6.45, 7) is 1.88. The van der Waals surface area contributed by atoms with Crippen molar-refractivity contribution in [2.75, 3.05) is 0 Å². The molecule has 2 nitrogen and oxygen atoms in total. The summed E-state index contributed by atoms with van der Waals surface area (Å²) < 4.78 is 13.0. The summed E-state index contributed by atoms with van der Waals surface area (Å²) in [5.41, 5.74) is 8.80. The average molecular weight is 265 g/mol. The molecule has 1 aromatic carbocycles. The predicted molar refractivity (Wildman–Crippen MR) is 71.0 cm³/mol. The number of nitrogens with two attached hydrogens (primary N) is 1. The van der Waals surface area contributed by atoms with Gasteiger partial charge in [0.1, 0.15) is 5.82 Å². The van der Waals surface area contributed by atoms with E-state index in [9.17, 15) is 4.39 Å². The molecule has 1 atom stereocenters. The first-order valence-corrected chi connectivity index (χ1v) is 6.06. The van der Waals surface area contributed by atoms with E-state index in [4.69, 9.17) is 17.3 Å². The van der Waals surface area contributed by atoms with Gasteiger partial charge in [-0.1, -0.05) is 17.7 Å². The van der Waals surface area contributed by atoms with Crippen molar-refractivity contribution in [1.29, 1.82) is 0 Å². The molecule has 1 heterocycles. The Morgan fingerprint density at radius 1 is 1.33 bits per heavy atom. The maximum atomic E-state index is 13.0. The van der Waals surface area contributed by atoms with Crippen LogP contribution in [0, 0.1) is 12.7 Å². The summed E-state index contributed by atoms with van der Waals surface area (Å²) in [7, 11) is 0. The molecule has 2 rings (SSSR count). The highest BCUT2D eigenvalue weighted by Crippen LogP contribution is 2.19. The standard InChI is InChI=1S/C14H14ClFN2/c1-9-6-12(16)4-2-10(9)7-13(17)14-5-3-11(15)8-18-14/h2-6,8,13H,7,17H2,1H3. The quantitative estimate of drug-likeness (QED) is 0.923. The van der Waals surface area contributed by atoms with Gasteiger partial charge in [0.15, 0.2) is 0 Å². The number of rotatable bonds is 3. The van der Waals surface area contributed by atoms with Crippen LogP contribution in [-0.4, -0.2) is 4.98 Å². The maximum Gasteiger partial charge on any atom is 0.123 e. The monoisotopic (exact) mass is 264 g/mol. The molecule has 0 bridgehead atoms. The lowest BCUT2D eigenvalue weighted by atomic mass is 9.99. The molecule has 0 saturated carbocycles. The Hall–Kier alpha value is -1.45. The molecule has 0 amide bonds. The largest absolute Gasteiger partial charge is 0.322 e. The van der Waals surface area contributed by atoms with Gasteiger partial charge in [-0.25, -0.2) is 4.39 Å². The molecule has 18 heavy (non-hydrogen) atoms. The number of aryl methyl sites for hydroxylation is 1. The van der Waals surface area contributed by atoms with Crippen molar-refractivity contribution in [3.05, 3.63) is 64.2 Å². The van der Waals surface area contributed by atoms with Gasteiger partial charge in [0, 0.05) is 6.20 Å². The lowest BCUT2D eigenvalue weighted by molar-refractivity contribution is 0.623. The van der Waals surface area contributed by atoms with Gasteiger partial charge in [0.25, 0.3) is 0 Å². The van der Waals surface area contributed by atoms with Gasteiger partial charge in [-0.05, 0) is 48.7 Å². The first kappa shape index (κ1) is 13.0. The van der Waals surface area contributed by atoms with Crippen molar-refractivity contribution in [1.82, 2.24) is 4.98 Å². The molecule has 0 aliphatic carbocycles. The van der Waals surface area contributed by atoms with Crippen molar-refractivity contribution in [3.63, 3.8) is 0 Å². The van der Waals surface area contributed by atoms with Crippen molar-refractivity contribution in [2.45, 2.75) is 19.4 Å². The fourth-order valence-electron chi connectivity index (χ4n) is 1.84. The van der Waals surface area contributed by atoms with Gasteiger partial charge in [0.2, 0.25) is 0 Å². The van der Waals surface area contributed by atoms with Gasteiger partial charge >= 0.3 is 0 Å². The molecule has 0 spiro atoms. The second-order valence-electron chi connectivity index (χ2n) is 4.28. The minimum atomic E-state index is -0.227. The highest BCUT2D eigenvalue weighted by molar-refractivity contribution is 6.30. The van der Waals surface area contributed by atoms with Crippen molar-refractivity contribution in [2.24, 2.45) is 5.73 Å². The van der Waals surface area contributed by atoms with E-state index in [-0.39, 0.29) is 11.9 Å². The lowest BCUT2D eigenvalue weighted by Gasteiger charge is -2.13. The number of nitrogens with zero attached hydrogens (tertiary/aromatic N) is 1. The van der Waals surface area contributed by atoms with E-state index in [0.717, 1.165) is 16.8 Å². The van der Waals surface area contributed by atoms with Gasteiger partial charge in [0.05, 0.1) is 16.8 Å². The third-order valence-corrected chi connectivity index (χ3v) is 3.10. The van der Waals surface area contributed by atoms with Crippen LogP contribution in [0.1, 0.15) is 22.9 Å². The Bertz CT molecular complexity index is 540. The first-order valence-electron chi connectivity index (χ1n) is 5.68. The molecule has 1 unspecified atom stereocenters. The molecule has 0 radical (unpaired) electrons. The van der Waals surface area contributed by atoms with E-state index < -0.39 is 0 Å². The number of aromatic nitrogens is 1. The Morgan fingerprint density at radius 3 is 2.72 bits per heavy atom. The van der Waals surface area contributed by atoms with E-state index in [2.05, 4.69) is 4.98 Å². The number of pyridine rings is 1. The summed E-state index contributed by atoms with van der Waals surface area (Å²) in [6, 6.07) is 8.08. The van der Waals surface area contributed by atoms with E-state index in [0.29, 0.717) is 11.4 Å². The van der Waals surface area contributed by atoms with Crippen molar-refractivity contribution >= 4 is 11.6 Å². The van der Waals surface area contributed by atoms with Crippen LogP contribution in [0.3, 0.4) is 0 Å².